The normalized spacial score (nSPS) is 26.2. The van der Waals surface area contributed by atoms with Gasteiger partial charge < -0.3 is 15.0 Å². The van der Waals surface area contributed by atoms with Crippen LogP contribution in [0, 0.1) is 0 Å². The average Bonchev–Trinajstić information content (AvgIpc) is 3.13. The lowest BCUT2D eigenvalue weighted by Crippen LogP contribution is -2.46. The van der Waals surface area contributed by atoms with Crippen molar-refractivity contribution in [2.45, 2.75) is 24.9 Å². The van der Waals surface area contributed by atoms with Gasteiger partial charge in [0, 0.05) is 13.1 Å². The molecule has 0 spiro atoms. The summed E-state index contributed by atoms with van der Waals surface area (Å²) < 4.78 is 28.4. The number of imide groups is 1. The maximum absolute atomic E-state index is 13.0. The number of carbonyl (C=O) groups excluding carboxylic acids is 3. The maximum atomic E-state index is 13.0. The number of sulfone groups is 1. The fraction of sp³-hybridized carbons (Fsp3) is 0.500. The highest BCUT2D eigenvalue weighted by molar-refractivity contribution is 7.91. The van der Waals surface area contributed by atoms with Crippen LogP contribution in [0.3, 0.4) is 0 Å². The van der Waals surface area contributed by atoms with Crippen molar-refractivity contribution in [2.24, 2.45) is 0 Å². The third-order valence-corrected chi connectivity index (χ3v) is 7.12. The molecule has 2 fully saturated rings. The summed E-state index contributed by atoms with van der Waals surface area (Å²) in [6.45, 7) is 1.12. The average molecular weight is 409 g/mol. The minimum atomic E-state index is -3.15. The predicted molar refractivity (Wildman–Crippen MR) is 100 cm³/mol. The highest BCUT2D eigenvalue weighted by atomic mass is 32.2. The van der Waals surface area contributed by atoms with Crippen molar-refractivity contribution in [3.63, 3.8) is 0 Å². The van der Waals surface area contributed by atoms with E-state index >= 15 is 0 Å². The molecule has 2 aliphatic rings. The van der Waals surface area contributed by atoms with Crippen molar-refractivity contribution in [3.05, 3.63) is 29.8 Å². The quantitative estimate of drug-likeness (QED) is 0.691. The number of nitrogens with one attached hydrogen (secondary N) is 1. The van der Waals surface area contributed by atoms with Crippen molar-refractivity contribution in [1.82, 2.24) is 15.1 Å². The first-order valence-electron chi connectivity index (χ1n) is 8.82. The first-order chi connectivity index (χ1) is 13.1. The smallest absolute Gasteiger partial charge is 0.325 e. The predicted octanol–water partition coefficient (Wildman–Crippen LogP) is 0.108. The molecule has 1 aromatic rings. The zero-order valence-corrected chi connectivity index (χ0v) is 16.8. The van der Waals surface area contributed by atoms with Crippen LogP contribution in [0.2, 0.25) is 0 Å². The third-order valence-electron chi connectivity index (χ3n) is 5.36. The van der Waals surface area contributed by atoms with E-state index in [1.165, 1.54) is 19.1 Å². The molecule has 0 bridgehead atoms. The van der Waals surface area contributed by atoms with Gasteiger partial charge in [-0.2, -0.15) is 0 Å². The molecular weight excluding hydrogens is 386 g/mol. The number of carbonyl (C=O) groups is 3. The van der Waals surface area contributed by atoms with Gasteiger partial charge in [0.25, 0.3) is 5.91 Å². The van der Waals surface area contributed by atoms with E-state index in [0.29, 0.717) is 17.7 Å². The van der Waals surface area contributed by atoms with Crippen molar-refractivity contribution in [2.75, 3.05) is 32.2 Å². The molecule has 9 nitrogen and oxygen atoms in total. The van der Waals surface area contributed by atoms with E-state index in [1.807, 2.05) is 0 Å². The van der Waals surface area contributed by atoms with Gasteiger partial charge in [-0.05, 0) is 31.0 Å². The molecule has 1 N–H and O–H groups in total. The molecule has 2 atom stereocenters. The molecule has 0 saturated carbocycles. The van der Waals surface area contributed by atoms with Crippen LogP contribution in [-0.2, 0) is 25.0 Å². The molecule has 28 heavy (non-hydrogen) atoms. The van der Waals surface area contributed by atoms with E-state index in [2.05, 4.69) is 5.32 Å². The molecule has 2 heterocycles. The number of methoxy groups -OCH3 is 1. The van der Waals surface area contributed by atoms with Crippen LogP contribution in [0.5, 0.6) is 5.75 Å². The number of hydrogen-bond acceptors (Lipinski definition) is 6. The summed E-state index contributed by atoms with van der Waals surface area (Å²) >= 11 is 0. The van der Waals surface area contributed by atoms with Gasteiger partial charge in [-0.25, -0.2) is 13.2 Å². The molecule has 2 aliphatic heterocycles. The van der Waals surface area contributed by atoms with E-state index in [-0.39, 0.29) is 11.5 Å². The van der Waals surface area contributed by atoms with Crippen molar-refractivity contribution in [3.8, 4) is 5.75 Å². The van der Waals surface area contributed by atoms with E-state index in [9.17, 15) is 22.8 Å². The van der Waals surface area contributed by atoms with Crippen LogP contribution in [0.4, 0.5) is 4.79 Å². The largest absolute Gasteiger partial charge is 0.497 e. The Morgan fingerprint density at radius 2 is 2.11 bits per heavy atom. The molecular formula is C18H23N3O6S. The summed E-state index contributed by atoms with van der Waals surface area (Å²) in [7, 11) is -0.155. The van der Waals surface area contributed by atoms with Gasteiger partial charge in [-0.1, -0.05) is 12.1 Å². The van der Waals surface area contributed by atoms with Gasteiger partial charge >= 0.3 is 6.03 Å². The second-order valence-electron chi connectivity index (χ2n) is 7.24. The van der Waals surface area contributed by atoms with Gasteiger partial charge in [0.1, 0.15) is 17.8 Å². The Bertz CT molecular complexity index is 931. The highest BCUT2D eigenvalue weighted by Crippen LogP contribution is 2.31. The van der Waals surface area contributed by atoms with Gasteiger partial charge in [0.15, 0.2) is 9.84 Å². The number of nitrogens with zero attached hydrogens (tertiary/aromatic N) is 2. The molecule has 3 rings (SSSR count). The minimum absolute atomic E-state index is 0.0341. The van der Waals surface area contributed by atoms with Gasteiger partial charge in [-0.15, -0.1) is 0 Å². The van der Waals surface area contributed by atoms with Crippen LogP contribution in [-0.4, -0.2) is 74.3 Å². The molecule has 10 heteroatoms. The molecule has 1 aromatic carbocycles. The van der Waals surface area contributed by atoms with Crippen LogP contribution >= 0.6 is 0 Å². The van der Waals surface area contributed by atoms with E-state index < -0.39 is 45.8 Å². The fourth-order valence-corrected chi connectivity index (χ4v) is 5.28. The van der Waals surface area contributed by atoms with Crippen LogP contribution in [0.1, 0.15) is 18.9 Å². The number of likely N-dealkylation sites (N-methyl/N-ethyl adjacent to an activating group) is 1. The molecule has 0 aliphatic carbocycles. The number of rotatable bonds is 5. The molecule has 152 valence electrons. The van der Waals surface area contributed by atoms with Crippen LogP contribution < -0.4 is 10.1 Å². The van der Waals surface area contributed by atoms with Gasteiger partial charge in [-0.3, -0.25) is 14.5 Å². The summed E-state index contributed by atoms with van der Waals surface area (Å²) in [6.07, 6.45) is 0.353. The SMILES string of the molecule is COc1cccc([C@@]2(C)NC(=O)N(CC(=O)N(C)[C@@H]3CCS(=O)(=O)C3)C2=O)c1. The number of benzene rings is 1. The van der Waals surface area contributed by atoms with E-state index in [0.717, 1.165) is 4.90 Å². The highest BCUT2D eigenvalue weighted by Gasteiger charge is 2.50. The summed E-state index contributed by atoms with van der Waals surface area (Å²) in [5, 5.41) is 2.64. The lowest BCUT2D eigenvalue weighted by Gasteiger charge is -2.26. The minimum Gasteiger partial charge on any atom is -0.497 e. The van der Waals surface area contributed by atoms with Crippen molar-refractivity contribution < 1.29 is 27.5 Å². The Morgan fingerprint density at radius 3 is 2.71 bits per heavy atom. The monoisotopic (exact) mass is 409 g/mol. The Labute approximate surface area is 163 Å². The van der Waals surface area contributed by atoms with Crippen molar-refractivity contribution in [1.29, 1.82) is 0 Å². The van der Waals surface area contributed by atoms with Crippen LogP contribution in [0.15, 0.2) is 24.3 Å². The Morgan fingerprint density at radius 1 is 1.39 bits per heavy atom. The zero-order valence-electron chi connectivity index (χ0n) is 16.0. The standard InChI is InChI=1S/C18H23N3O6S/c1-18(12-5-4-6-14(9-12)27-3)16(23)21(17(24)19-18)10-15(22)20(2)13-7-8-28(25,26)11-13/h4-6,9,13H,7-8,10-11H2,1-3H3,(H,19,24)/t13-,18-/m1/s1. The van der Waals surface area contributed by atoms with Crippen molar-refractivity contribution >= 4 is 27.7 Å². The third kappa shape index (κ3) is 3.56. The van der Waals surface area contributed by atoms with Gasteiger partial charge in [0.05, 0.1) is 18.6 Å². The van der Waals surface area contributed by atoms with Crippen LogP contribution in [0.25, 0.3) is 0 Å². The number of urea groups is 1. The summed E-state index contributed by atoms with van der Waals surface area (Å²) in [5.41, 5.74) is -0.781. The second-order valence-corrected chi connectivity index (χ2v) is 9.47. The number of amides is 4. The molecule has 0 unspecified atom stereocenters. The number of hydrogen-bond donors (Lipinski definition) is 1. The zero-order chi connectivity index (χ0) is 20.7. The Balaban J connectivity index is 1.75. The molecule has 2 saturated heterocycles. The second kappa shape index (κ2) is 7.08. The number of ether oxygens (including phenoxy) is 1. The van der Waals surface area contributed by atoms with Gasteiger partial charge in [0.2, 0.25) is 5.91 Å². The lowest BCUT2D eigenvalue weighted by atomic mass is 9.92. The Hall–Kier alpha value is -2.62. The topological polar surface area (TPSA) is 113 Å². The molecule has 0 radical (unpaired) electrons. The van der Waals surface area contributed by atoms with E-state index in [1.54, 1.807) is 31.2 Å². The lowest BCUT2D eigenvalue weighted by molar-refractivity contribution is -0.139. The van der Waals surface area contributed by atoms with E-state index in [4.69, 9.17) is 4.74 Å². The summed E-state index contributed by atoms with van der Waals surface area (Å²) in [5.74, 6) is -0.562. The first kappa shape index (κ1) is 20.1. The first-order valence-corrected chi connectivity index (χ1v) is 10.6. The summed E-state index contributed by atoms with van der Waals surface area (Å²) in [6, 6.07) is 5.67. The Kier molecular flexibility index (Phi) is 5.09. The summed E-state index contributed by atoms with van der Waals surface area (Å²) in [4.78, 5) is 40.1. The maximum Gasteiger partial charge on any atom is 0.325 e. The molecule has 4 amide bonds. The fourth-order valence-electron chi connectivity index (χ4n) is 3.50. The molecule has 0 aromatic heterocycles.